The third-order valence-corrected chi connectivity index (χ3v) is 31.3. The second-order valence-corrected chi connectivity index (χ2v) is 38.0. The second-order valence-electron chi connectivity index (χ2n) is 29.7. The summed E-state index contributed by atoms with van der Waals surface area (Å²) < 4.78 is 0. The molecule has 0 saturated heterocycles. The summed E-state index contributed by atoms with van der Waals surface area (Å²) in [5.74, 6) is 0. The van der Waals surface area contributed by atoms with Crippen LogP contribution >= 0.6 is 90.7 Å². The van der Waals surface area contributed by atoms with E-state index in [1.807, 2.05) is 68.0 Å². The van der Waals surface area contributed by atoms with Crippen LogP contribution in [-0.2, 0) is 25.7 Å². The molecule has 546 valence electrons. The van der Waals surface area contributed by atoms with Crippen molar-refractivity contribution in [3.63, 3.8) is 0 Å². The molecule has 11 aromatic rings. The molecule has 102 heavy (non-hydrogen) atoms. The van der Waals surface area contributed by atoms with Crippen LogP contribution in [0.3, 0.4) is 0 Å². The van der Waals surface area contributed by atoms with E-state index in [9.17, 15) is 0 Å². The van der Waals surface area contributed by atoms with Crippen LogP contribution in [0.2, 0.25) is 0 Å². The summed E-state index contributed by atoms with van der Waals surface area (Å²) in [5, 5.41) is 10.2. The molecule has 0 aliphatic carbocycles. The van der Waals surface area contributed by atoms with Gasteiger partial charge in [-0.25, -0.2) is 0 Å². The zero-order valence-electron chi connectivity index (χ0n) is 63.1. The van der Waals surface area contributed by atoms with Crippen molar-refractivity contribution >= 4 is 112 Å². The lowest BCUT2D eigenvalue weighted by molar-refractivity contribution is 0.556. The van der Waals surface area contributed by atoms with Crippen molar-refractivity contribution < 1.29 is 0 Å². The molecule has 0 spiro atoms. The van der Waals surface area contributed by atoms with E-state index in [0.29, 0.717) is 0 Å². The number of fused-ring (bicyclic) bond motifs is 2. The third kappa shape index (κ3) is 22.9. The van der Waals surface area contributed by atoms with Gasteiger partial charge in [0, 0.05) is 79.4 Å². The summed E-state index contributed by atoms with van der Waals surface area (Å²) in [6.07, 6.45) is 59.5. The Bertz CT molecular complexity index is 3810. The van der Waals surface area contributed by atoms with Gasteiger partial charge in [0.2, 0.25) is 0 Å². The lowest BCUT2D eigenvalue weighted by atomic mass is 9.90. The van der Waals surface area contributed by atoms with Gasteiger partial charge in [-0.05, 0) is 179 Å². The van der Waals surface area contributed by atoms with Crippen LogP contribution < -0.4 is 0 Å². The second kappa shape index (κ2) is 44.2. The van der Waals surface area contributed by atoms with Crippen LogP contribution in [0.5, 0.6) is 0 Å². The van der Waals surface area contributed by atoms with Crippen LogP contribution in [0.15, 0.2) is 132 Å². The van der Waals surface area contributed by atoms with Crippen LogP contribution in [0, 0.1) is 0 Å². The minimum atomic E-state index is 1.12. The number of unbranched alkanes of at least 4 members (excludes halogenated alkanes) is 36. The fourth-order valence-electron chi connectivity index (χ4n) is 15.6. The molecule has 8 aromatic heterocycles. The van der Waals surface area contributed by atoms with Gasteiger partial charge in [0.05, 0.1) is 0 Å². The Balaban J connectivity index is 0.854. The predicted molar refractivity (Wildman–Crippen MR) is 470 cm³/mol. The molecule has 8 heteroatoms. The van der Waals surface area contributed by atoms with Gasteiger partial charge in [-0.2, -0.15) is 0 Å². The lowest BCUT2D eigenvalue weighted by Gasteiger charge is -2.15. The van der Waals surface area contributed by atoms with Crippen LogP contribution in [-0.4, -0.2) is 0 Å². The van der Waals surface area contributed by atoms with E-state index in [0.717, 1.165) is 12.8 Å². The highest BCUT2D eigenvalue weighted by molar-refractivity contribution is 7.30. The fraction of sp³-hybridized carbons (Fsp3) is 0.511. The Morgan fingerprint density at radius 3 is 0.686 bits per heavy atom. The van der Waals surface area contributed by atoms with Gasteiger partial charge < -0.3 is 0 Å². The predicted octanol–water partition coefficient (Wildman–Crippen LogP) is 35.7. The zero-order chi connectivity index (χ0) is 70.2. The molecular formula is C94H122S8. The molecule has 0 radical (unpaired) electrons. The molecule has 0 nitrogen and oxygen atoms in total. The van der Waals surface area contributed by atoms with Crippen LogP contribution in [0.1, 0.15) is 307 Å². The molecule has 0 saturated carbocycles. The normalized spacial score (nSPS) is 11.9. The summed E-state index contributed by atoms with van der Waals surface area (Å²) in [6.45, 7) is 9.29. The summed E-state index contributed by atoms with van der Waals surface area (Å²) in [5.41, 5.74) is 8.98. The first-order chi connectivity index (χ1) is 50.5. The maximum Gasteiger partial charge on any atom is 0.0481 e. The highest BCUT2D eigenvalue weighted by Crippen LogP contribution is 2.53. The minimum absolute atomic E-state index is 1.12. The smallest absolute Gasteiger partial charge is 0.0481 e. The zero-order valence-corrected chi connectivity index (χ0v) is 69.6. The Hall–Kier alpha value is -4.22. The molecule has 0 N–H and O–H groups in total. The average molecular weight is 1510 g/mol. The van der Waals surface area contributed by atoms with Crippen molar-refractivity contribution in [1.29, 1.82) is 0 Å². The maximum atomic E-state index is 2.65. The highest BCUT2D eigenvalue weighted by Gasteiger charge is 2.25. The lowest BCUT2D eigenvalue weighted by Crippen LogP contribution is -1.89. The number of aryl methyl sites for hydroxylation is 4. The quantitative estimate of drug-likeness (QED) is 0.0263. The van der Waals surface area contributed by atoms with Gasteiger partial charge in [0.25, 0.3) is 0 Å². The minimum Gasteiger partial charge on any atom is -0.143 e. The van der Waals surface area contributed by atoms with E-state index >= 15 is 0 Å². The van der Waals surface area contributed by atoms with E-state index in [1.54, 1.807) is 11.1 Å². The molecule has 3 aromatic carbocycles. The highest BCUT2D eigenvalue weighted by atomic mass is 32.1. The van der Waals surface area contributed by atoms with Crippen molar-refractivity contribution in [3.05, 3.63) is 154 Å². The number of hydrogen-bond donors (Lipinski definition) is 0. The van der Waals surface area contributed by atoms with E-state index < -0.39 is 0 Å². The van der Waals surface area contributed by atoms with Crippen LogP contribution in [0.4, 0.5) is 0 Å². The largest absolute Gasteiger partial charge is 0.143 e. The van der Waals surface area contributed by atoms with Crippen molar-refractivity contribution in [2.75, 3.05) is 0 Å². The molecule has 0 aliphatic heterocycles. The van der Waals surface area contributed by atoms with E-state index in [2.05, 4.69) is 182 Å². The fourth-order valence-corrected chi connectivity index (χ4v) is 24.9. The topological polar surface area (TPSA) is 0 Å². The summed E-state index contributed by atoms with van der Waals surface area (Å²) >= 11 is 16.1. The molecule has 8 heterocycles. The number of benzene rings is 3. The van der Waals surface area contributed by atoms with E-state index in [1.165, 1.54) is 382 Å². The molecule has 0 fully saturated rings. The van der Waals surface area contributed by atoms with Crippen molar-refractivity contribution in [3.8, 4) is 79.4 Å². The van der Waals surface area contributed by atoms with Gasteiger partial charge in [0.15, 0.2) is 0 Å². The summed E-state index contributed by atoms with van der Waals surface area (Å²) in [6, 6.07) is 48.6. The van der Waals surface area contributed by atoms with Gasteiger partial charge in [0.1, 0.15) is 0 Å². The molecule has 11 rings (SSSR count). The first kappa shape index (κ1) is 78.8. The van der Waals surface area contributed by atoms with Gasteiger partial charge >= 0.3 is 0 Å². The third-order valence-electron chi connectivity index (χ3n) is 21.5. The molecule has 0 unspecified atom stereocenters. The number of rotatable bonds is 52. The van der Waals surface area contributed by atoms with Gasteiger partial charge in [-0.1, -0.05) is 307 Å². The summed E-state index contributed by atoms with van der Waals surface area (Å²) in [7, 11) is 0. The van der Waals surface area contributed by atoms with Crippen LogP contribution in [0.25, 0.3) is 101 Å². The van der Waals surface area contributed by atoms with Gasteiger partial charge in [-0.3, -0.25) is 0 Å². The first-order valence-electron chi connectivity index (χ1n) is 41.3. The first-order valence-corrected chi connectivity index (χ1v) is 47.9. The average Bonchev–Trinajstić information content (AvgIpc) is 1.07. The Morgan fingerprint density at radius 1 is 0.196 bits per heavy atom. The monoisotopic (exact) mass is 1510 g/mol. The standard InChI is InChI=1S/C94H122S8/c1-5-9-13-17-21-25-29-33-37-41-49-71-65-67-95-91(71)83-61-57-79(97-83)81-59-63-85(99-81)93-73(51-43-39-35-31-27-23-19-15-11-7-3)69-87(101-93)89-75-53-45-47-55-77(75)90(78-56-48-46-54-76(78)89)88-70-74(52-44-40-36-32-28-24-20-16-12-8-4)94(102-88)86-64-60-82(100-86)80-58-62-84(98-80)92-72(66-68-96-92)50-42-38-34-30-26-22-18-14-10-6-2/h45-48,53-70H,5-44,49-52H2,1-4H3. The molecule has 0 atom stereocenters. The number of thiophene rings is 8. The van der Waals surface area contributed by atoms with Crippen molar-refractivity contribution in [1.82, 2.24) is 0 Å². The van der Waals surface area contributed by atoms with E-state index in [4.69, 9.17) is 0 Å². The number of hydrogen-bond acceptors (Lipinski definition) is 8. The SMILES string of the molecule is CCCCCCCCCCCCc1ccsc1-c1ccc(-c2ccc(-c3sc(-c4c5ccccc5c(-c5cc(CCCCCCCCCCCC)c(-c6ccc(-c7ccc(-c8sccc8CCCCCCCCCCCC)s7)s6)s5)c5ccccc45)cc3CCCCCCCCCCCC)s2)s1. The molecule has 0 amide bonds. The van der Waals surface area contributed by atoms with E-state index in [-0.39, 0.29) is 0 Å². The Labute approximate surface area is 650 Å². The Kier molecular flexibility index (Phi) is 34.1. The van der Waals surface area contributed by atoms with Crippen molar-refractivity contribution in [2.45, 2.75) is 310 Å². The van der Waals surface area contributed by atoms with Gasteiger partial charge in [-0.15, -0.1) is 90.7 Å². The molecule has 0 aliphatic rings. The maximum absolute atomic E-state index is 2.65. The summed E-state index contributed by atoms with van der Waals surface area (Å²) in [4.78, 5) is 20.1. The Morgan fingerprint density at radius 2 is 0.422 bits per heavy atom. The molecular weight excluding hydrogens is 1390 g/mol. The molecule has 0 bridgehead atoms. The van der Waals surface area contributed by atoms with Crippen molar-refractivity contribution in [2.24, 2.45) is 0 Å².